The van der Waals surface area contributed by atoms with Gasteiger partial charge in [0.15, 0.2) is 0 Å². The normalized spacial score (nSPS) is 14.4. The maximum Gasteiger partial charge on any atom is 0.255 e. The number of aryl methyl sites for hydroxylation is 1. The van der Waals surface area contributed by atoms with Gasteiger partial charge in [-0.05, 0) is 61.7 Å². The molecule has 2 aromatic carbocycles. The molecule has 6 nitrogen and oxygen atoms in total. The zero-order chi connectivity index (χ0) is 19.6. The van der Waals surface area contributed by atoms with Crippen molar-refractivity contribution in [3.8, 4) is 0 Å². The van der Waals surface area contributed by atoms with E-state index in [2.05, 4.69) is 5.32 Å². The molecule has 8 heteroatoms. The monoisotopic (exact) mass is 392 g/mol. The number of amides is 1. The number of sulfonamides is 1. The molecule has 0 atom stereocenters. The molecule has 2 aromatic rings. The average Bonchev–Trinajstić information content (AvgIpc) is 3.47. The number of carbonyl (C=O) groups is 1. The molecule has 3 rings (SSSR count). The molecule has 0 heterocycles. The Morgan fingerprint density at radius 1 is 1.26 bits per heavy atom. The molecule has 0 spiro atoms. The number of anilines is 1. The van der Waals surface area contributed by atoms with Crippen molar-refractivity contribution < 1.29 is 22.7 Å². The highest BCUT2D eigenvalue weighted by Gasteiger charge is 2.37. The fraction of sp³-hybridized carbons (Fsp3) is 0.316. The predicted molar refractivity (Wildman–Crippen MR) is 99.5 cm³/mol. The maximum atomic E-state index is 13.4. The van der Waals surface area contributed by atoms with Gasteiger partial charge in [-0.15, -0.1) is 0 Å². The van der Waals surface area contributed by atoms with Crippen LogP contribution in [0.2, 0.25) is 0 Å². The van der Waals surface area contributed by atoms with Gasteiger partial charge < -0.3 is 10.4 Å². The summed E-state index contributed by atoms with van der Waals surface area (Å²) in [6.07, 6.45) is 1.53. The van der Waals surface area contributed by atoms with Crippen LogP contribution in [0.1, 0.15) is 28.8 Å². The molecule has 1 aliphatic rings. The first kappa shape index (κ1) is 19.5. The van der Waals surface area contributed by atoms with E-state index < -0.39 is 15.9 Å². The van der Waals surface area contributed by atoms with Gasteiger partial charge >= 0.3 is 0 Å². The van der Waals surface area contributed by atoms with E-state index in [4.69, 9.17) is 0 Å². The highest BCUT2D eigenvalue weighted by molar-refractivity contribution is 7.89. The van der Waals surface area contributed by atoms with E-state index in [1.165, 1.54) is 46.8 Å². The number of rotatable bonds is 7. The molecule has 0 saturated heterocycles. The fourth-order valence-corrected chi connectivity index (χ4v) is 4.54. The number of benzene rings is 2. The van der Waals surface area contributed by atoms with E-state index in [0.29, 0.717) is 11.3 Å². The van der Waals surface area contributed by atoms with E-state index in [0.717, 1.165) is 12.8 Å². The molecule has 1 aliphatic carbocycles. The third kappa shape index (κ3) is 4.35. The number of nitrogens with zero attached hydrogens (tertiary/aromatic N) is 1. The number of nitrogens with one attached hydrogen (secondary N) is 1. The summed E-state index contributed by atoms with van der Waals surface area (Å²) in [5.74, 6) is -0.858. The SMILES string of the molecule is Cc1cc(NC(=O)c2cccc(S(=O)(=O)N(CCO)C3CC3)c2)ccc1F. The minimum Gasteiger partial charge on any atom is -0.395 e. The average molecular weight is 392 g/mol. The summed E-state index contributed by atoms with van der Waals surface area (Å²) in [6.45, 7) is 1.35. The van der Waals surface area contributed by atoms with E-state index in [1.807, 2.05) is 0 Å². The second kappa shape index (κ2) is 7.75. The van der Waals surface area contributed by atoms with Crippen LogP contribution in [0.25, 0.3) is 0 Å². The Bertz CT molecular complexity index is 958. The van der Waals surface area contributed by atoms with Crippen molar-refractivity contribution in [1.82, 2.24) is 4.31 Å². The van der Waals surface area contributed by atoms with Crippen LogP contribution in [0.3, 0.4) is 0 Å². The molecular formula is C19H21FN2O4S. The standard InChI is InChI=1S/C19H21FN2O4S/c1-13-11-15(5-8-18(13)20)21-19(24)14-3-2-4-17(12-14)27(25,26)22(9-10-23)16-6-7-16/h2-5,8,11-12,16,23H,6-7,9-10H2,1H3,(H,21,24). The number of halogens is 1. The van der Waals surface area contributed by atoms with Gasteiger partial charge in [0, 0.05) is 23.8 Å². The molecule has 1 amide bonds. The van der Waals surface area contributed by atoms with Crippen LogP contribution in [0.15, 0.2) is 47.4 Å². The van der Waals surface area contributed by atoms with Gasteiger partial charge in [-0.2, -0.15) is 4.31 Å². The zero-order valence-electron chi connectivity index (χ0n) is 14.9. The number of carbonyl (C=O) groups excluding carboxylic acids is 1. The van der Waals surface area contributed by atoms with Gasteiger partial charge in [0.25, 0.3) is 5.91 Å². The molecule has 27 heavy (non-hydrogen) atoms. The van der Waals surface area contributed by atoms with E-state index >= 15 is 0 Å². The summed E-state index contributed by atoms with van der Waals surface area (Å²) >= 11 is 0. The first-order chi connectivity index (χ1) is 12.8. The van der Waals surface area contributed by atoms with E-state index in [9.17, 15) is 22.7 Å². The second-order valence-electron chi connectivity index (χ2n) is 6.52. The van der Waals surface area contributed by atoms with Crippen LogP contribution in [0.4, 0.5) is 10.1 Å². The summed E-state index contributed by atoms with van der Waals surface area (Å²) < 4.78 is 40.4. The number of aliphatic hydroxyl groups is 1. The van der Waals surface area contributed by atoms with Crippen LogP contribution in [0.5, 0.6) is 0 Å². The Morgan fingerprint density at radius 3 is 2.63 bits per heavy atom. The largest absolute Gasteiger partial charge is 0.395 e. The van der Waals surface area contributed by atoms with Crippen LogP contribution in [-0.4, -0.2) is 42.9 Å². The van der Waals surface area contributed by atoms with Crippen LogP contribution < -0.4 is 5.32 Å². The summed E-state index contributed by atoms with van der Waals surface area (Å²) in [7, 11) is -3.80. The lowest BCUT2D eigenvalue weighted by atomic mass is 10.2. The second-order valence-corrected chi connectivity index (χ2v) is 8.41. The molecule has 0 unspecified atom stereocenters. The Labute approximate surface area is 157 Å². The summed E-state index contributed by atoms with van der Waals surface area (Å²) in [5, 5.41) is 11.8. The molecule has 2 N–H and O–H groups in total. The number of hydrogen-bond acceptors (Lipinski definition) is 4. The van der Waals surface area contributed by atoms with Crippen LogP contribution >= 0.6 is 0 Å². The van der Waals surface area contributed by atoms with Gasteiger partial charge in [-0.3, -0.25) is 4.79 Å². The summed E-state index contributed by atoms with van der Waals surface area (Å²) in [4.78, 5) is 12.5. The number of hydrogen-bond donors (Lipinski definition) is 2. The molecule has 0 radical (unpaired) electrons. The maximum absolute atomic E-state index is 13.4. The lowest BCUT2D eigenvalue weighted by molar-refractivity contribution is 0.102. The zero-order valence-corrected chi connectivity index (χ0v) is 15.7. The lowest BCUT2D eigenvalue weighted by Gasteiger charge is -2.21. The summed E-state index contributed by atoms with van der Waals surface area (Å²) in [6, 6.07) is 9.87. The molecule has 1 saturated carbocycles. The smallest absolute Gasteiger partial charge is 0.255 e. The molecule has 144 valence electrons. The van der Waals surface area contributed by atoms with E-state index in [1.54, 1.807) is 6.92 Å². The van der Waals surface area contributed by atoms with Gasteiger partial charge in [0.05, 0.1) is 11.5 Å². The Morgan fingerprint density at radius 2 is 2.00 bits per heavy atom. The van der Waals surface area contributed by atoms with Crippen molar-refractivity contribution >= 4 is 21.6 Å². The minimum absolute atomic E-state index is 0.00536. The third-order valence-corrected chi connectivity index (χ3v) is 6.34. The van der Waals surface area contributed by atoms with Gasteiger partial charge in [-0.1, -0.05) is 6.07 Å². The Kier molecular flexibility index (Phi) is 5.59. The van der Waals surface area contributed by atoms with Gasteiger partial charge in [-0.25, -0.2) is 12.8 Å². The first-order valence-electron chi connectivity index (χ1n) is 8.63. The lowest BCUT2D eigenvalue weighted by Crippen LogP contribution is -2.35. The van der Waals surface area contributed by atoms with Crippen molar-refractivity contribution in [2.45, 2.75) is 30.7 Å². The minimum atomic E-state index is -3.80. The number of aliphatic hydroxyl groups excluding tert-OH is 1. The van der Waals surface area contributed by atoms with E-state index in [-0.39, 0.29) is 35.5 Å². The molecular weight excluding hydrogens is 371 g/mol. The predicted octanol–water partition coefficient (Wildman–Crippen LogP) is 2.53. The Balaban J connectivity index is 1.83. The highest BCUT2D eigenvalue weighted by atomic mass is 32.2. The summed E-state index contributed by atoms with van der Waals surface area (Å²) in [5.41, 5.74) is 0.998. The Hall–Kier alpha value is -2.29. The van der Waals surface area contributed by atoms with Crippen molar-refractivity contribution in [2.24, 2.45) is 0 Å². The molecule has 1 fully saturated rings. The van der Waals surface area contributed by atoms with Crippen LogP contribution in [-0.2, 0) is 10.0 Å². The van der Waals surface area contributed by atoms with Crippen molar-refractivity contribution in [3.63, 3.8) is 0 Å². The van der Waals surface area contributed by atoms with Crippen molar-refractivity contribution in [3.05, 3.63) is 59.4 Å². The molecule has 0 aromatic heterocycles. The van der Waals surface area contributed by atoms with Gasteiger partial charge in [0.1, 0.15) is 5.82 Å². The van der Waals surface area contributed by atoms with Gasteiger partial charge in [0.2, 0.25) is 10.0 Å². The van der Waals surface area contributed by atoms with Crippen molar-refractivity contribution in [2.75, 3.05) is 18.5 Å². The van der Waals surface area contributed by atoms with Crippen LogP contribution in [0, 0.1) is 12.7 Å². The molecule has 0 aliphatic heterocycles. The third-order valence-electron chi connectivity index (χ3n) is 4.39. The quantitative estimate of drug-likeness (QED) is 0.758. The van der Waals surface area contributed by atoms with Crippen molar-refractivity contribution in [1.29, 1.82) is 0 Å². The first-order valence-corrected chi connectivity index (χ1v) is 10.1. The fourth-order valence-electron chi connectivity index (χ4n) is 2.82. The molecule has 0 bridgehead atoms. The highest BCUT2D eigenvalue weighted by Crippen LogP contribution is 2.32. The topological polar surface area (TPSA) is 86.7 Å².